The first-order valence-electron chi connectivity index (χ1n) is 12.4. The fraction of sp³-hybridized carbons (Fsp3) is 0.345. The van der Waals surface area contributed by atoms with Crippen molar-refractivity contribution in [2.24, 2.45) is 11.1 Å². The molecule has 1 spiro atoms. The van der Waals surface area contributed by atoms with Crippen molar-refractivity contribution in [2.75, 3.05) is 16.8 Å². The summed E-state index contributed by atoms with van der Waals surface area (Å²) < 4.78 is 5.47. The maximum absolute atomic E-state index is 14.1. The maximum atomic E-state index is 14.1. The van der Waals surface area contributed by atoms with Crippen molar-refractivity contribution in [1.82, 2.24) is 0 Å². The number of allylic oxidation sites excluding steroid dienone is 1. The van der Waals surface area contributed by atoms with E-state index in [0.717, 1.165) is 11.1 Å². The van der Waals surface area contributed by atoms with E-state index < -0.39 is 22.7 Å². The van der Waals surface area contributed by atoms with E-state index >= 15 is 0 Å². The molecule has 1 aliphatic carbocycles. The molecule has 2 aromatic carbocycles. The molecule has 2 heterocycles. The lowest BCUT2D eigenvalue weighted by Crippen LogP contribution is -2.54. The molecule has 3 N–H and O–H groups in total. The van der Waals surface area contributed by atoms with Gasteiger partial charge in [-0.2, -0.15) is 0 Å². The summed E-state index contributed by atoms with van der Waals surface area (Å²) in [5, 5.41) is 3.44. The van der Waals surface area contributed by atoms with Crippen LogP contribution in [0.4, 0.5) is 11.4 Å². The number of ketones is 1. The lowest BCUT2D eigenvalue weighted by Gasteiger charge is -2.47. The molecular weight excluding hydrogens is 490 g/mol. The highest BCUT2D eigenvalue weighted by Crippen LogP contribution is 2.57. The van der Waals surface area contributed by atoms with Crippen LogP contribution in [0.2, 0.25) is 5.02 Å². The first kappa shape index (κ1) is 25.1. The fourth-order valence-corrected chi connectivity index (χ4v) is 6.04. The van der Waals surface area contributed by atoms with E-state index in [2.05, 4.69) is 5.32 Å². The zero-order valence-electron chi connectivity index (χ0n) is 21.6. The summed E-state index contributed by atoms with van der Waals surface area (Å²) in [5.74, 6) is -1.38. The van der Waals surface area contributed by atoms with Gasteiger partial charge in [0.15, 0.2) is 5.78 Å². The van der Waals surface area contributed by atoms with Crippen LogP contribution in [0.3, 0.4) is 0 Å². The average Bonchev–Trinajstić information content (AvgIpc) is 3.06. The Morgan fingerprint density at radius 1 is 1.14 bits per heavy atom. The highest BCUT2D eigenvalue weighted by Gasteiger charge is 2.63. The summed E-state index contributed by atoms with van der Waals surface area (Å²) in [6.07, 6.45) is 0.688. The number of amides is 1. The van der Waals surface area contributed by atoms with Gasteiger partial charge in [0, 0.05) is 39.7 Å². The minimum absolute atomic E-state index is 0.0483. The molecule has 0 saturated heterocycles. The maximum Gasteiger partial charge on any atom is 0.339 e. The van der Waals surface area contributed by atoms with E-state index in [1.165, 1.54) is 0 Å². The zero-order chi connectivity index (χ0) is 26.9. The number of halogens is 1. The van der Waals surface area contributed by atoms with Gasteiger partial charge in [-0.1, -0.05) is 49.2 Å². The molecule has 5 rings (SSSR count). The molecule has 0 fully saturated rings. The molecule has 0 aromatic heterocycles. The molecule has 1 amide bonds. The third kappa shape index (κ3) is 3.59. The second-order valence-corrected chi connectivity index (χ2v) is 11.2. The third-order valence-corrected chi connectivity index (χ3v) is 7.84. The molecule has 8 heteroatoms. The average molecular weight is 520 g/mol. The quantitative estimate of drug-likeness (QED) is 0.551. The van der Waals surface area contributed by atoms with Crippen molar-refractivity contribution < 1.29 is 19.1 Å². The number of anilines is 2. The Bertz CT molecular complexity index is 1460. The number of benzene rings is 2. The molecule has 0 saturated carbocycles. The SMILES string of the molecule is CCOC(=O)C1=C(N)N(c2ccc(C)c(Cl)c2)C2=C(C(=O)CC(C)(C)C2)C12C(=O)Nc1ccc(C)cc12. The van der Waals surface area contributed by atoms with Gasteiger partial charge in [-0.3, -0.25) is 14.5 Å². The van der Waals surface area contributed by atoms with Crippen molar-refractivity contribution in [1.29, 1.82) is 0 Å². The summed E-state index contributed by atoms with van der Waals surface area (Å²) in [6.45, 7) is 9.58. The number of hydrogen-bond donors (Lipinski definition) is 2. The molecule has 2 aliphatic heterocycles. The minimum atomic E-state index is -1.72. The van der Waals surface area contributed by atoms with E-state index in [1.54, 1.807) is 24.0 Å². The number of fused-ring (bicyclic) bond motifs is 3. The fourth-order valence-electron chi connectivity index (χ4n) is 5.87. The molecule has 1 unspecified atom stereocenters. The van der Waals surface area contributed by atoms with Gasteiger partial charge >= 0.3 is 5.97 Å². The number of nitrogens with one attached hydrogen (secondary N) is 1. The molecular formula is C29H30ClN3O4. The van der Waals surface area contributed by atoms with Gasteiger partial charge in [-0.15, -0.1) is 0 Å². The normalized spacial score (nSPS) is 22.3. The number of esters is 1. The topological polar surface area (TPSA) is 102 Å². The summed E-state index contributed by atoms with van der Waals surface area (Å²) >= 11 is 6.50. The van der Waals surface area contributed by atoms with Crippen molar-refractivity contribution in [3.8, 4) is 0 Å². The summed E-state index contributed by atoms with van der Waals surface area (Å²) in [4.78, 5) is 43.5. The zero-order valence-corrected chi connectivity index (χ0v) is 22.4. The molecule has 2 aromatic rings. The van der Waals surface area contributed by atoms with E-state index in [-0.39, 0.29) is 35.8 Å². The molecule has 192 valence electrons. The van der Waals surface area contributed by atoms with Crippen LogP contribution < -0.4 is 16.0 Å². The second kappa shape index (κ2) is 8.48. The first-order valence-corrected chi connectivity index (χ1v) is 12.7. The number of aryl methyl sites for hydroxylation is 2. The number of nitrogens with two attached hydrogens (primary N) is 1. The van der Waals surface area contributed by atoms with Crippen LogP contribution in [0.25, 0.3) is 0 Å². The second-order valence-electron chi connectivity index (χ2n) is 10.8. The first-order chi connectivity index (χ1) is 17.4. The summed E-state index contributed by atoms with van der Waals surface area (Å²) in [6, 6.07) is 11.0. The Hall–Kier alpha value is -3.58. The van der Waals surface area contributed by atoms with Gasteiger partial charge < -0.3 is 15.8 Å². The minimum Gasteiger partial charge on any atom is -0.462 e. The van der Waals surface area contributed by atoms with E-state index in [4.69, 9.17) is 22.1 Å². The molecule has 3 aliphatic rings. The van der Waals surface area contributed by atoms with Crippen molar-refractivity contribution in [3.63, 3.8) is 0 Å². The highest BCUT2D eigenvalue weighted by atomic mass is 35.5. The third-order valence-electron chi connectivity index (χ3n) is 7.43. The Morgan fingerprint density at radius 3 is 2.54 bits per heavy atom. The summed E-state index contributed by atoms with van der Waals surface area (Å²) in [5.41, 5.74) is 9.00. The Balaban J connectivity index is 1.93. The number of ether oxygens (including phenoxy) is 1. The largest absolute Gasteiger partial charge is 0.462 e. The molecule has 0 bridgehead atoms. The summed E-state index contributed by atoms with van der Waals surface area (Å²) in [7, 11) is 0. The van der Waals surface area contributed by atoms with Crippen LogP contribution in [-0.2, 0) is 24.5 Å². The van der Waals surface area contributed by atoms with Gasteiger partial charge in [0.25, 0.3) is 0 Å². The van der Waals surface area contributed by atoms with Crippen LogP contribution in [0.15, 0.2) is 59.1 Å². The number of rotatable bonds is 3. The van der Waals surface area contributed by atoms with E-state index in [1.807, 2.05) is 52.0 Å². The molecule has 7 nitrogen and oxygen atoms in total. The lowest BCUT2D eigenvalue weighted by atomic mass is 9.60. The van der Waals surface area contributed by atoms with Gasteiger partial charge in [0.05, 0.1) is 6.61 Å². The number of Topliss-reactive ketones (excluding diaryl/α,β-unsaturated/α-hetero) is 1. The van der Waals surface area contributed by atoms with Crippen molar-refractivity contribution >= 4 is 40.6 Å². The Kier molecular flexibility index (Phi) is 5.75. The predicted molar refractivity (Wildman–Crippen MR) is 143 cm³/mol. The van der Waals surface area contributed by atoms with Crippen LogP contribution in [-0.4, -0.2) is 24.3 Å². The van der Waals surface area contributed by atoms with Gasteiger partial charge in [0.2, 0.25) is 5.91 Å². The van der Waals surface area contributed by atoms with Gasteiger partial charge in [0.1, 0.15) is 16.8 Å². The molecule has 37 heavy (non-hydrogen) atoms. The van der Waals surface area contributed by atoms with E-state index in [0.29, 0.717) is 34.1 Å². The van der Waals surface area contributed by atoms with E-state index in [9.17, 15) is 14.4 Å². The van der Waals surface area contributed by atoms with Crippen molar-refractivity contribution in [3.05, 3.63) is 80.8 Å². The predicted octanol–water partition coefficient (Wildman–Crippen LogP) is 5.04. The molecule has 1 atom stereocenters. The highest BCUT2D eigenvalue weighted by molar-refractivity contribution is 6.31. The Morgan fingerprint density at radius 2 is 1.86 bits per heavy atom. The molecule has 0 radical (unpaired) electrons. The van der Waals surface area contributed by atoms with Crippen LogP contribution in [0.1, 0.15) is 50.3 Å². The van der Waals surface area contributed by atoms with Gasteiger partial charge in [-0.25, -0.2) is 4.79 Å². The van der Waals surface area contributed by atoms with Crippen LogP contribution in [0.5, 0.6) is 0 Å². The lowest BCUT2D eigenvalue weighted by molar-refractivity contribution is -0.140. The van der Waals surface area contributed by atoms with Gasteiger partial charge in [-0.05, 0) is 56.4 Å². The Labute approximate surface area is 221 Å². The number of carbonyl (C=O) groups is 3. The monoisotopic (exact) mass is 519 g/mol. The number of carbonyl (C=O) groups excluding carboxylic acids is 3. The smallest absolute Gasteiger partial charge is 0.339 e. The number of nitrogens with zero attached hydrogens (tertiary/aromatic N) is 1. The number of hydrogen-bond acceptors (Lipinski definition) is 6. The standard InChI is InChI=1S/C29H30ClN3O4/c1-6-37-26(35)24-25(31)33(17-9-8-16(3)19(30)12-17)21-13-28(4,5)14-22(34)23(21)29(24)18-11-15(2)7-10-20(18)32-27(29)36/h7-12H,6,13-14,31H2,1-5H3,(H,32,36). The van der Waals surface area contributed by atoms with Crippen LogP contribution >= 0.6 is 11.6 Å². The van der Waals surface area contributed by atoms with Crippen molar-refractivity contribution in [2.45, 2.75) is 52.9 Å². The van der Waals surface area contributed by atoms with Crippen LogP contribution in [0, 0.1) is 19.3 Å².